The number of amides is 3. The highest BCUT2D eigenvalue weighted by Gasteiger charge is 2.43. The molecule has 2 N–H and O–H groups in total. The second kappa shape index (κ2) is 12.2. The number of benzene rings is 2. The van der Waals surface area contributed by atoms with Crippen molar-refractivity contribution in [1.82, 2.24) is 10.2 Å². The van der Waals surface area contributed by atoms with Gasteiger partial charge in [-0.15, -0.1) is 0 Å². The Bertz CT molecular complexity index is 1150. The monoisotopic (exact) mass is 541 g/mol. The Morgan fingerprint density at radius 1 is 1.00 bits per heavy atom. The number of anilines is 1. The molecule has 206 valence electrons. The normalized spacial score (nSPS) is 15.3. The van der Waals surface area contributed by atoms with Crippen LogP contribution in [0.25, 0.3) is 0 Å². The van der Waals surface area contributed by atoms with Crippen LogP contribution in [-0.4, -0.2) is 40.5 Å². The van der Waals surface area contributed by atoms with Gasteiger partial charge in [0.15, 0.2) is 0 Å². The molecular weight excluding hydrogens is 502 g/mol. The highest BCUT2D eigenvalue weighted by atomic mass is 35.5. The third kappa shape index (κ3) is 7.07. The molecule has 8 heteroatoms. The Balaban J connectivity index is 2.06. The van der Waals surface area contributed by atoms with Crippen LogP contribution < -0.4 is 10.6 Å². The summed E-state index contributed by atoms with van der Waals surface area (Å²) in [7, 11) is 0. The molecule has 7 nitrogen and oxygen atoms in total. The topological polar surface area (TPSA) is 87.7 Å². The Kier molecular flexibility index (Phi) is 9.47. The molecule has 2 atom stereocenters. The van der Waals surface area contributed by atoms with E-state index in [1.54, 1.807) is 31.7 Å². The van der Waals surface area contributed by atoms with Crippen LogP contribution in [0, 0.1) is 19.8 Å². The summed E-state index contributed by atoms with van der Waals surface area (Å²) in [5.74, 6) is -0.894. The first-order chi connectivity index (χ1) is 17.8. The zero-order valence-electron chi connectivity index (χ0n) is 23.4. The fraction of sp³-hybridized carbons (Fsp3) is 0.500. The Morgan fingerprint density at radius 3 is 2.16 bits per heavy atom. The fourth-order valence-corrected chi connectivity index (χ4v) is 4.85. The number of hydrogen-bond donors (Lipinski definition) is 2. The maximum atomic E-state index is 14.3. The predicted octanol–water partition coefficient (Wildman–Crippen LogP) is 6.57. The lowest BCUT2D eigenvalue weighted by Gasteiger charge is -2.44. The second-order valence-corrected chi connectivity index (χ2v) is 11.8. The van der Waals surface area contributed by atoms with Gasteiger partial charge in [-0.1, -0.05) is 61.8 Å². The van der Waals surface area contributed by atoms with Crippen LogP contribution >= 0.6 is 11.6 Å². The van der Waals surface area contributed by atoms with Gasteiger partial charge in [-0.25, -0.2) is 4.79 Å². The molecule has 2 aromatic rings. The van der Waals surface area contributed by atoms with Crippen molar-refractivity contribution >= 4 is 35.2 Å². The predicted molar refractivity (Wildman–Crippen MR) is 151 cm³/mol. The van der Waals surface area contributed by atoms with Gasteiger partial charge in [0.1, 0.15) is 17.7 Å². The first-order valence-electron chi connectivity index (χ1n) is 13.2. The van der Waals surface area contributed by atoms with Crippen LogP contribution in [0.1, 0.15) is 76.6 Å². The minimum Gasteiger partial charge on any atom is -0.444 e. The van der Waals surface area contributed by atoms with E-state index in [2.05, 4.69) is 10.6 Å². The standard InChI is InChI=1S/C30H40ClN3O4/c1-18(2)24(33-29(37)38-30(5,6)7)28(36)34(21-14-11-15-21)26(22-16-9-8-12-19(22)3)27(35)32-25-20(4)13-10-17-23(25)31/h8-10,12-13,16-18,21,24,26H,11,14-15H2,1-7H3,(H,32,35)(H,33,37). The minimum absolute atomic E-state index is 0.133. The van der Waals surface area contributed by atoms with Crippen molar-refractivity contribution in [3.8, 4) is 0 Å². The van der Waals surface area contributed by atoms with Crippen LogP contribution in [0.3, 0.4) is 0 Å². The van der Waals surface area contributed by atoms with Crippen molar-refractivity contribution in [2.75, 3.05) is 5.32 Å². The Morgan fingerprint density at radius 2 is 1.63 bits per heavy atom. The van der Waals surface area contributed by atoms with Gasteiger partial charge in [0.2, 0.25) is 5.91 Å². The summed E-state index contributed by atoms with van der Waals surface area (Å²) in [6.45, 7) is 12.9. The molecule has 1 saturated carbocycles. The zero-order valence-corrected chi connectivity index (χ0v) is 24.2. The van der Waals surface area contributed by atoms with E-state index in [4.69, 9.17) is 16.3 Å². The molecule has 0 spiro atoms. The lowest BCUT2D eigenvalue weighted by molar-refractivity contribution is -0.146. The summed E-state index contributed by atoms with van der Waals surface area (Å²) in [6, 6.07) is 11.1. The molecule has 38 heavy (non-hydrogen) atoms. The first-order valence-corrected chi connectivity index (χ1v) is 13.6. The van der Waals surface area contributed by atoms with E-state index in [-0.39, 0.29) is 23.8 Å². The minimum atomic E-state index is -0.911. The van der Waals surface area contributed by atoms with Crippen LogP contribution in [0.2, 0.25) is 5.02 Å². The fourth-order valence-electron chi connectivity index (χ4n) is 4.58. The molecule has 0 aliphatic heterocycles. The van der Waals surface area contributed by atoms with Gasteiger partial charge in [0.05, 0.1) is 10.7 Å². The molecule has 1 aliphatic carbocycles. The summed E-state index contributed by atoms with van der Waals surface area (Å²) < 4.78 is 5.45. The van der Waals surface area contributed by atoms with Crippen molar-refractivity contribution in [3.05, 3.63) is 64.2 Å². The zero-order chi connectivity index (χ0) is 28.2. The molecule has 1 fully saturated rings. The van der Waals surface area contributed by atoms with E-state index < -0.39 is 23.8 Å². The average Bonchev–Trinajstić information content (AvgIpc) is 2.77. The van der Waals surface area contributed by atoms with Crippen molar-refractivity contribution in [3.63, 3.8) is 0 Å². The van der Waals surface area contributed by atoms with Gasteiger partial charge in [-0.05, 0) is 82.6 Å². The maximum absolute atomic E-state index is 14.3. The summed E-state index contributed by atoms with van der Waals surface area (Å²) >= 11 is 6.44. The van der Waals surface area contributed by atoms with Gasteiger partial charge >= 0.3 is 6.09 Å². The van der Waals surface area contributed by atoms with Crippen LogP contribution in [0.4, 0.5) is 10.5 Å². The number of carbonyl (C=O) groups is 3. The van der Waals surface area contributed by atoms with E-state index in [0.29, 0.717) is 10.7 Å². The van der Waals surface area contributed by atoms with Crippen LogP contribution in [0.15, 0.2) is 42.5 Å². The average molecular weight is 542 g/mol. The van der Waals surface area contributed by atoms with Gasteiger partial charge < -0.3 is 20.3 Å². The number of aryl methyl sites for hydroxylation is 2. The molecule has 0 bridgehead atoms. The number of nitrogens with zero attached hydrogens (tertiary/aromatic N) is 1. The van der Waals surface area contributed by atoms with E-state index in [0.717, 1.165) is 36.0 Å². The third-order valence-electron chi connectivity index (χ3n) is 6.81. The number of carbonyl (C=O) groups excluding carboxylic acids is 3. The van der Waals surface area contributed by atoms with Crippen molar-refractivity contribution < 1.29 is 19.1 Å². The molecule has 0 radical (unpaired) electrons. The number of para-hydroxylation sites is 1. The largest absolute Gasteiger partial charge is 0.444 e. The van der Waals surface area contributed by atoms with Gasteiger partial charge in [-0.3, -0.25) is 9.59 Å². The van der Waals surface area contributed by atoms with Gasteiger partial charge in [0.25, 0.3) is 5.91 Å². The molecule has 0 saturated heterocycles. The summed E-state index contributed by atoms with van der Waals surface area (Å²) in [4.78, 5) is 42.7. The van der Waals surface area contributed by atoms with Crippen molar-refractivity contribution in [2.45, 2.75) is 91.5 Å². The number of halogens is 1. The maximum Gasteiger partial charge on any atom is 0.408 e. The number of nitrogens with one attached hydrogen (secondary N) is 2. The van der Waals surface area contributed by atoms with Gasteiger partial charge in [-0.2, -0.15) is 0 Å². The quantitative estimate of drug-likeness (QED) is 0.396. The Hall–Kier alpha value is -3.06. The number of alkyl carbamates (subject to hydrolysis) is 1. The van der Waals surface area contributed by atoms with E-state index >= 15 is 0 Å². The van der Waals surface area contributed by atoms with Crippen LogP contribution in [-0.2, 0) is 14.3 Å². The lowest BCUT2D eigenvalue weighted by Crippen LogP contribution is -2.58. The molecule has 0 aromatic heterocycles. The molecule has 3 amide bonds. The third-order valence-corrected chi connectivity index (χ3v) is 7.12. The van der Waals surface area contributed by atoms with E-state index in [1.165, 1.54) is 0 Å². The van der Waals surface area contributed by atoms with Crippen molar-refractivity contribution in [1.29, 1.82) is 0 Å². The van der Waals surface area contributed by atoms with Crippen molar-refractivity contribution in [2.24, 2.45) is 5.92 Å². The molecule has 2 aromatic carbocycles. The lowest BCUT2D eigenvalue weighted by atomic mass is 9.86. The molecule has 3 rings (SSSR count). The highest BCUT2D eigenvalue weighted by molar-refractivity contribution is 6.34. The SMILES string of the molecule is Cc1ccccc1C(C(=O)Nc1c(C)cccc1Cl)N(C(=O)C(NC(=O)OC(C)(C)C)C(C)C)C1CCC1. The Labute approximate surface area is 231 Å². The summed E-state index contributed by atoms with van der Waals surface area (Å²) in [6.07, 6.45) is 1.86. The molecule has 2 unspecified atom stereocenters. The first kappa shape index (κ1) is 29.5. The summed E-state index contributed by atoms with van der Waals surface area (Å²) in [5, 5.41) is 6.21. The second-order valence-electron chi connectivity index (χ2n) is 11.4. The molecular formula is C30H40ClN3O4. The smallest absolute Gasteiger partial charge is 0.408 e. The van der Waals surface area contributed by atoms with E-state index in [1.807, 2.05) is 64.1 Å². The van der Waals surface area contributed by atoms with Crippen LogP contribution in [0.5, 0.6) is 0 Å². The van der Waals surface area contributed by atoms with E-state index in [9.17, 15) is 14.4 Å². The van der Waals surface area contributed by atoms with Gasteiger partial charge in [0, 0.05) is 6.04 Å². The number of hydrogen-bond acceptors (Lipinski definition) is 4. The molecule has 0 heterocycles. The number of rotatable bonds is 8. The highest BCUT2D eigenvalue weighted by Crippen LogP contribution is 2.36. The number of ether oxygens (including phenoxy) is 1. The molecule has 1 aliphatic rings. The summed E-state index contributed by atoms with van der Waals surface area (Å²) in [5.41, 5.74) is 2.25.